The molecule has 3 aromatic rings. The Bertz CT molecular complexity index is 1200. The second-order valence-electron chi connectivity index (χ2n) is 8.29. The van der Waals surface area contributed by atoms with E-state index < -0.39 is 29.7 Å². The quantitative estimate of drug-likeness (QED) is 0.283. The lowest BCUT2D eigenvalue weighted by Crippen LogP contribution is -2.48. The monoisotopic (exact) mass is 470 g/mol. The number of nitrogens with zero attached hydrogens (tertiary/aromatic N) is 1. The van der Waals surface area contributed by atoms with E-state index in [1.165, 1.54) is 0 Å². The van der Waals surface area contributed by atoms with Gasteiger partial charge in [-0.1, -0.05) is 55.8 Å². The second-order valence-corrected chi connectivity index (χ2v) is 8.29. The number of esters is 1. The fourth-order valence-corrected chi connectivity index (χ4v) is 3.94. The molecule has 7 heteroatoms. The van der Waals surface area contributed by atoms with E-state index in [1.54, 1.807) is 48.5 Å². The van der Waals surface area contributed by atoms with Crippen LogP contribution in [0.3, 0.4) is 0 Å². The predicted octanol–water partition coefficient (Wildman–Crippen LogP) is 4.49. The minimum atomic E-state index is -1.05. The van der Waals surface area contributed by atoms with Crippen LogP contribution in [0.1, 0.15) is 56.4 Å². The number of hydrogen-bond donors (Lipinski definition) is 1. The summed E-state index contributed by atoms with van der Waals surface area (Å²) in [6, 6.07) is 21.0. The molecule has 178 valence electrons. The van der Waals surface area contributed by atoms with Gasteiger partial charge in [0, 0.05) is 12.1 Å². The lowest BCUT2D eigenvalue weighted by atomic mass is 10.0. The lowest BCUT2D eigenvalue weighted by molar-refractivity contribution is -0.119. The van der Waals surface area contributed by atoms with Crippen LogP contribution < -0.4 is 5.32 Å². The van der Waals surface area contributed by atoms with E-state index in [0.717, 1.165) is 23.3 Å². The molecule has 4 rings (SSSR count). The Balaban J connectivity index is 1.54. The van der Waals surface area contributed by atoms with Crippen LogP contribution in [-0.4, -0.2) is 41.2 Å². The van der Waals surface area contributed by atoms with E-state index in [9.17, 15) is 19.2 Å². The molecule has 1 aliphatic rings. The number of fused-ring (bicyclic) bond motifs is 1. The zero-order chi connectivity index (χ0) is 24.8. The number of unbranched alkanes of at least 4 members (excludes halogenated alkanes) is 1. The van der Waals surface area contributed by atoms with Crippen LogP contribution in [0, 0.1) is 0 Å². The fourth-order valence-electron chi connectivity index (χ4n) is 3.94. The van der Waals surface area contributed by atoms with Gasteiger partial charge in [-0.2, -0.15) is 0 Å². The molecule has 1 heterocycles. The van der Waals surface area contributed by atoms with Gasteiger partial charge in [0.1, 0.15) is 6.04 Å². The van der Waals surface area contributed by atoms with Crippen molar-refractivity contribution < 1.29 is 23.9 Å². The summed E-state index contributed by atoms with van der Waals surface area (Å²) >= 11 is 0. The molecule has 35 heavy (non-hydrogen) atoms. The van der Waals surface area contributed by atoms with Crippen LogP contribution in [0.15, 0.2) is 78.9 Å². The standard InChI is InChI=1S/C28H26N2O5/c1-2-3-17-35-28(34)20-13-15-21(16-14-20)29-25(31)24(18-19-9-5-4-6-10-19)30-26(32)22-11-7-8-12-23(22)27(30)33/h4-16,24H,2-3,17-18H2,1H3,(H,29,31)/t24-/m0/s1. The first-order valence-electron chi connectivity index (χ1n) is 11.6. The summed E-state index contributed by atoms with van der Waals surface area (Å²) in [4.78, 5) is 52.7. The Morgan fingerprint density at radius 1 is 0.857 bits per heavy atom. The van der Waals surface area contributed by atoms with E-state index in [1.807, 2.05) is 37.3 Å². The van der Waals surface area contributed by atoms with Crippen molar-refractivity contribution in [3.8, 4) is 0 Å². The highest BCUT2D eigenvalue weighted by Gasteiger charge is 2.42. The summed E-state index contributed by atoms with van der Waals surface area (Å²) in [5.74, 6) is -1.91. The Kier molecular flexibility index (Phi) is 7.35. The minimum Gasteiger partial charge on any atom is -0.462 e. The first-order valence-corrected chi connectivity index (χ1v) is 11.6. The van der Waals surface area contributed by atoms with Crippen LogP contribution >= 0.6 is 0 Å². The average Bonchev–Trinajstić information content (AvgIpc) is 3.13. The number of amides is 3. The maximum atomic E-state index is 13.4. The third-order valence-corrected chi connectivity index (χ3v) is 5.83. The third-order valence-electron chi connectivity index (χ3n) is 5.83. The largest absolute Gasteiger partial charge is 0.462 e. The molecule has 0 spiro atoms. The second kappa shape index (κ2) is 10.8. The number of hydrogen-bond acceptors (Lipinski definition) is 5. The molecule has 0 saturated heterocycles. The van der Waals surface area contributed by atoms with Crippen molar-refractivity contribution in [2.75, 3.05) is 11.9 Å². The number of nitrogens with one attached hydrogen (secondary N) is 1. The van der Waals surface area contributed by atoms with Crippen LogP contribution in [0.2, 0.25) is 0 Å². The fraction of sp³-hybridized carbons (Fsp3) is 0.214. The molecule has 0 aliphatic carbocycles. The number of carbonyl (C=O) groups excluding carboxylic acids is 4. The molecule has 1 N–H and O–H groups in total. The number of rotatable bonds is 9. The molecule has 0 bridgehead atoms. The summed E-state index contributed by atoms with van der Waals surface area (Å²) < 4.78 is 5.21. The maximum Gasteiger partial charge on any atom is 0.338 e. The van der Waals surface area contributed by atoms with E-state index in [2.05, 4.69) is 5.32 Å². The Labute approximate surface area is 203 Å². The maximum absolute atomic E-state index is 13.4. The molecule has 0 aromatic heterocycles. The SMILES string of the molecule is CCCCOC(=O)c1ccc(NC(=O)[C@H](Cc2ccccc2)N2C(=O)c3ccccc3C2=O)cc1. The number of imide groups is 1. The van der Waals surface area contributed by atoms with Crippen molar-refractivity contribution in [3.63, 3.8) is 0 Å². The molecule has 3 amide bonds. The molecule has 1 atom stereocenters. The number of anilines is 1. The first kappa shape index (κ1) is 23.9. The summed E-state index contributed by atoms with van der Waals surface area (Å²) in [6.45, 7) is 2.37. The zero-order valence-electron chi connectivity index (χ0n) is 19.4. The zero-order valence-corrected chi connectivity index (χ0v) is 19.4. The molecule has 3 aromatic carbocycles. The highest BCUT2D eigenvalue weighted by Crippen LogP contribution is 2.26. The molecule has 7 nitrogen and oxygen atoms in total. The average molecular weight is 471 g/mol. The van der Waals surface area contributed by atoms with Gasteiger partial charge in [-0.15, -0.1) is 0 Å². The van der Waals surface area contributed by atoms with Gasteiger partial charge in [0.05, 0.1) is 23.3 Å². The molecule has 0 fully saturated rings. The summed E-state index contributed by atoms with van der Waals surface area (Å²) in [5, 5.41) is 2.79. The van der Waals surface area contributed by atoms with Crippen molar-refractivity contribution in [2.45, 2.75) is 32.2 Å². The molecule has 0 radical (unpaired) electrons. The van der Waals surface area contributed by atoms with Gasteiger partial charge in [0.2, 0.25) is 5.91 Å². The lowest BCUT2D eigenvalue weighted by Gasteiger charge is -2.25. The van der Waals surface area contributed by atoms with Crippen molar-refractivity contribution >= 4 is 29.4 Å². The van der Waals surface area contributed by atoms with Gasteiger partial charge in [0.15, 0.2) is 0 Å². The Morgan fingerprint density at radius 2 is 1.46 bits per heavy atom. The molecule has 1 aliphatic heterocycles. The third kappa shape index (κ3) is 5.30. The van der Waals surface area contributed by atoms with Gasteiger partial charge in [0.25, 0.3) is 11.8 Å². The topological polar surface area (TPSA) is 92.8 Å². The molecule has 0 unspecified atom stereocenters. The van der Waals surface area contributed by atoms with E-state index in [-0.39, 0.29) is 17.5 Å². The smallest absolute Gasteiger partial charge is 0.338 e. The first-order chi connectivity index (χ1) is 17.0. The summed E-state index contributed by atoms with van der Waals surface area (Å²) in [6.07, 6.45) is 1.88. The van der Waals surface area contributed by atoms with Crippen molar-refractivity contribution in [2.24, 2.45) is 0 Å². The van der Waals surface area contributed by atoms with Gasteiger partial charge in [-0.3, -0.25) is 19.3 Å². The number of benzene rings is 3. The Morgan fingerprint density at radius 3 is 2.06 bits per heavy atom. The minimum absolute atomic E-state index is 0.167. The summed E-state index contributed by atoms with van der Waals surface area (Å²) in [7, 11) is 0. The normalized spacial score (nSPS) is 13.3. The van der Waals surface area contributed by atoms with Crippen molar-refractivity contribution in [1.29, 1.82) is 0 Å². The van der Waals surface area contributed by atoms with Gasteiger partial charge < -0.3 is 10.1 Å². The van der Waals surface area contributed by atoms with E-state index in [0.29, 0.717) is 17.9 Å². The van der Waals surface area contributed by atoms with Gasteiger partial charge >= 0.3 is 5.97 Å². The highest BCUT2D eigenvalue weighted by atomic mass is 16.5. The van der Waals surface area contributed by atoms with Crippen molar-refractivity contribution in [3.05, 3.63) is 101 Å². The van der Waals surface area contributed by atoms with E-state index in [4.69, 9.17) is 4.74 Å². The molecular formula is C28H26N2O5. The number of carbonyl (C=O) groups is 4. The van der Waals surface area contributed by atoms with Crippen LogP contribution in [0.25, 0.3) is 0 Å². The summed E-state index contributed by atoms with van der Waals surface area (Å²) in [5.41, 5.74) is 2.20. The Hall–Kier alpha value is -4.26. The predicted molar refractivity (Wildman–Crippen MR) is 131 cm³/mol. The molecule has 0 saturated carbocycles. The van der Waals surface area contributed by atoms with Crippen LogP contribution in [0.4, 0.5) is 5.69 Å². The number of ether oxygens (including phenoxy) is 1. The van der Waals surface area contributed by atoms with E-state index >= 15 is 0 Å². The highest BCUT2D eigenvalue weighted by molar-refractivity contribution is 6.23. The van der Waals surface area contributed by atoms with Crippen molar-refractivity contribution in [1.82, 2.24) is 4.90 Å². The van der Waals surface area contributed by atoms with Crippen LogP contribution in [0.5, 0.6) is 0 Å². The molecular weight excluding hydrogens is 444 g/mol. The van der Waals surface area contributed by atoms with Crippen LogP contribution in [-0.2, 0) is 16.0 Å². The van der Waals surface area contributed by atoms with Gasteiger partial charge in [-0.25, -0.2) is 4.79 Å². The van der Waals surface area contributed by atoms with Gasteiger partial charge in [-0.05, 0) is 48.4 Å².